The molecule has 140 valence electrons. The van der Waals surface area contributed by atoms with Gasteiger partial charge in [-0.2, -0.15) is 0 Å². The van der Waals surface area contributed by atoms with Crippen LogP contribution < -0.4 is 14.8 Å². The summed E-state index contributed by atoms with van der Waals surface area (Å²) in [5.74, 6) is 1.88. The molecule has 1 aliphatic heterocycles. The van der Waals surface area contributed by atoms with Gasteiger partial charge < -0.3 is 14.8 Å². The van der Waals surface area contributed by atoms with E-state index in [1.165, 1.54) is 17.3 Å². The van der Waals surface area contributed by atoms with E-state index in [0.717, 1.165) is 17.1 Å². The molecule has 0 unspecified atom stereocenters. The van der Waals surface area contributed by atoms with Gasteiger partial charge in [-0.25, -0.2) is 0 Å². The van der Waals surface area contributed by atoms with Crippen LogP contribution in [0.4, 0.5) is 0 Å². The Morgan fingerprint density at radius 1 is 1.11 bits per heavy atom. The molecule has 0 aliphatic carbocycles. The lowest BCUT2D eigenvalue weighted by molar-refractivity contribution is -0.115. The zero-order chi connectivity index (χ0) is 19.2. The molecular formula is C21H21NO3S2. The highest BCUT2D eigenvalue weighted by Crippen LogP contribution is 2.27. The summed E-state index contributed by atoms with van der Waals surface area (Å²) in [5, 5.41) is 2.61. The number of ether oxygens (including phenoxy) is 2. The monoisotopic (exact) mass is 399 g/mol. The number of carbonyl (C=O) groups is 1. The Morgan fingerprint density at radius 2 is 1.89 bits per heavy atom. The molecule has 1 N–H and O–H groups in total. The fourth-order valence-corrected chi connectivity index (χ4v) is 3.71. The second-order valence-corrected chi connectivity index (χ2v) is 8.03. The van der Waals surface area contributed by atoms with Crippen LogP contribution in [0.3, 0.4) is 0 Å². The van der Waals surface area contributed by atoms with E-state index in [1.54, 1.807) is 0 Å². The first kappa shape index (κ1) is 19.5. The molecule has 0 bridgehead atoms. The highest BCUT2D eigenvalue weighted by Gasteiger charge is 2.21. The van der Waals surface area contributed by atoms with Crippen LogP contribution in [0, 0.1) is 0 Å². The predicted octanol–water partition coefficient (Wildman–Crippen LogP) is 4.76. The summed E-state index contributed by atoms with van der Waals surface area (Å²) in [5.41, 5.74) is 2.08. The Morgan fingerprint density at radius 3 is 2.63 bits per heavy atom. The normalized spacial score (nSPS) is 15.3. The van der Waals surface area contributed by atoms with Crippen LogP contribution in [-0.4, -0.2) is 23.4 Å². The molecule has 0 spiro atoms. The number of thioether (sulfide) groups is 1. The van der Waals surface area contributed by atoms with Crippen LogP contribution in [0.1, 0.15) is 30.9 Å². The second-order valence-electron chi connectivity index (χ2n) is 6.31. The summed E-state index contributed by atoms with van der Waals surface area (Å²) in [6.07, 6.45) is 1.81. The summed E-state index contributed by atoms with van der Waals surface area (Å²) in [6.45, 7) is 5.19. The molecule has 1 amide bonds. The van der Waals surface area contributed by atoms with E-state index >= 15 is 0 Å². The van der Waals surface area contributed by atoms with Gasteiger partial charge >= 0.3 is 0 Å². The molecule has 1 aliphatic rings. The minimum absolute atomic E-state index is 0.159. The van der Waals surface area contributed by atoms with Crippen LogP contribution in [0.5, 0.6) is 11.5 Å². The highest BCUT2D eigenvalue weighted by molar-refractivity contribution is 8.26. The fourth-order valence-electron chi connectivity index (χ4n) is 2.67. The number of thiocarbonyl (C=S) groups is 1. The molecule has 0 aromatic heterocycles. The van der Waals surface area contributed by atoms with Crippen molar-refractivity contribution in [1.29, 1.82) is 0 Å². The minimum atomic E-state index is -0.159. The molecule has 2 aromatic rings. The topological polar surface area (TPSA) is 47.6 Å². The van der Waals surface area contributed by atoms with Crippen molar-refractivity contribution in [2.24, 2.45) is 0 Å². The van der Waals surface area contributed by atoms with Crippen LogP contribution in [0.2, 0.25) is 0 Å². The Bertz CT molecular complexity index is 877. The van der Waals surface area contributed by atoms with Crippen LogP contribution in [-0.2, 0) is 4.79 Å². The molecule has 27 heavy (non-hydrogen) atoms. The van der Waals surface area contributed by atoms with Crippen molar-refractivity contribution in [2.75, 3.05) is 13.2 Å². The van der Waals surface area contributed by atoms with Crippen molar-refractivity contribution in [3.8, 4) is 11.5 Å². The molecular weight excluding hydrogens is 378 g/mol. The standard InChI is InChI=1S/C21H21NO3S2/c1-14(2)17-8-3-4-9-18(17)25-11-10-24-16-7-5-6-15(12-16)13-19-20(23)22-21(26)27-19/h3-9,12-14H,10-11H2,1-2H3,(H,22,23,26)/b19-13-. The van der Waals surface area contributed by atoms with Gasteiger partial charge in [0, 0.05) is 0 Å². The van der Waals surface area contributed by atoms with Crippen molar-refractivity contribution in [3.05, 3.63) is 64.6 Å². The van der Waals surface area contributed by atoms with Crippen molar-refractivity contribution in [1.82, 2.24) is 5.32 Å². The van der Waals surface area contributed by atoms with Gasteiger partial charge in [0.15, 0.2) is 0 Å². The zero-order valence-electron chi connectivity index (χ0n) is 15.2. The van der Waals surface area contributed by atoms with Crippen molar-refractivity contribution in [2.45, 2.75) is 19.8 Å². The summed E-state index contributed by atoms with van der Waals surface area (Å²) in [4.78, 5) is 12.3. The average Bonchev–Trinajstić information content (AvgIpc) is 2.96. The molecule has 0 radical (unpaired) electrons. The van der Waals surface area contributed by atoms with E-state index in [4.69, 9.17) is 21.7 Å². The zero-order valence-corrected chi connectivity index (χ0v) is 16.9. The van der Waals surface area contributed by atoms with Crippen molar-refractivity contribution < 1.29 is 14.3 Å². The van der Waals surface area contributed by atoms with Crippen LogP contribution >= 0.6 is 24.0 Å². The molecule has 1 saturated heterocycles. The maximum absolute atomic E-state index is 11.8. The first-order valence-electron chi connectivity index (χ1n) is 8.72. The number of hydrogen-bond donors (Lipinski definition) is 1. The summed E-state index contributed by atoms with van der Waals surface area (Å²) in [7, 11) is 0. The molecule has 2 aromatic carbocycles. The van der Waals surface area contributed by atoms with Gasteiger partial charge in [-0.1, -0.05) is 68.2 Å². The van der Waals surface area contributed by atoms with E-state index in [-0.39, 0.29) is 5.91 Å². The number of hydrogen-bond acceptors (Lipinski definition) is 5. The largest absolute Gasteiger partial charge is 0.490 e. The van der Waals surface area contributed by atoms with Gasteiger partial charge in [-0.05, 0) is 41.3 Å². The third kappa shape index (κ3) is 5.34. The molecule has 0 atom stereocenters. The first-order chi connectivity index (χ1) is 13.0. The Hall–Kier alpha value is -2.31. The predicted molar refractivity (Wildman–Crippen MR) is 114 cm³/mol. The van der Waals surface area contributed by atoms with Gasteiger partial charge in [-0.3, -0.25) is 4.79 Å². The minimum Gasteiger partial charge on any atom is -0.490 e. The number of para-hydroxylation sites is 1. The average molecular weight is 400 g/mol. The Kier molecular flexibility index (Phi) is 6.53. The molecule has 1 heterocycles. The smallest absolute Gasteiger partial charge is 0.263 e. The van der Waals surface area contributed by atoms with Gasteiger partial charge in [0.1, 0.15) is 29.0 Å². The van der Waals surface area contributed by atoms with Crippen molar-refractivity contribution in [3.63, 3.8) is 0 Å². The maximum Gasteiger partial charge on any atom is 0.263 e. The lowest BCUT2D eigenvalue weighted by Gasteiger charge is -2.14. The Balaban J connectivity index is 1.56. The van der Waals surface area contributed by atoms with E-state index in [9.17, 15) is 4.79 Å². The third-order valence-corrected chi connectivity index (χ3v) is 5.11. The van der Waals surface area contributed by atoms with Crippen molar-refractivity contribution >= 4 is 40.3 Å². The van der Waals surface area contributed by atoms with Gasteiger partial charge in [0.05, 0.1) is 4.91 Å². The SMILES string of the molecule is CC(C)c1ccccc1OCCOc1cccc(/C=C2\SC(=S)NC2=O)c1. The first-order valence-corrected chi connectivity index (χ1v) is 9.95. The molecule has 0 saturated carbocycles. The third-order valence-electron chi connectivity index (χ3n) is 3.95. The summed E-state index contributed by atoms with van der Waals surface area (Å²) in [6, 6.07) is 15.7. The van der Waals surface area contributed by atoms with Crippen LogP contribution in [0.15, 0.2) is 53.4 Å². The summed E-state index contributed by atoms with van der Waals surface area (Å²) >= 11 is 6.27. The molecule has 1 fully saturated rings. The number of amides is 1. The Labute approximate surface area is 168 Å². The van der Waals surface area contributed by atoms with Gasteiger partial charge in [-0.15, -0.1) is 0 Å². The summed E-state index contributed by atoms with van der Waals surface area (Å²) < 4.78 is 12.2. The lowest BCUT2D eigenvalue weighted by Crippen LogP contribution is -2.17. The molecule has 4 nitrogen and oxygen atoms in total. The van der Waals surface area contributed by atoms with E-state index in [2.05, 4.69) is 25.2 Å². The lowest BCUT2D eigenvalue weighted by atomic mass is 10.0. The maximum atomic E-state index is 11.8. The van der Waals surface area contributed by atoms with Gasteiger partial charge in [0.25, 0.3) is 5.91 Å². The number of carbonyl (C=O) groups excluding carboxylic acids is 1. The number of rotatable bonds is 7. The van der Waals surface area contributed by atoms with Gasteiger partial charge in [0.2, 0.25) is 0 Å². The number of benzene rings is 2. The molecule has 6 heteroatoms. The highest BCUT2D eigenvalue weighted by atomic mass is 32.2. The van der Waals surface area contributed by atoms with E-state index in [0.29, 0.717) is 28.4 Å². The van der Waals surface area contributed by atoms with Crippen LogP contribution in [0.25, 0.3) is 6.08 Å². The van der Waals surface area contributed by atoms with E-state index < -0.39 is 0 Å². The fraction of sp³-hybridized carbons (Fsp3) is 0.238. The number of nitrogens with one attached hydrogen (secondary N) is 1. The second kappa shape index (κ2) is 9.06. The molecule has 3 rings (SSSR count). The quantitative estimate of drug-likeness (QED) is 0.413. The van der Waals surface area contributed by atoms with E-state index in [1.807, 2.05) is 48.5 Å².